The van der Waals surface area contributed by atoms with E-state index in [1.807, 2.05) is 19.1 Å². The summed E-state index contributed by atoms with van der Waals surface area (Å²) in [6.45, 7) is 3.01. The molecule has 1 aliphatic rings. The fourth-order valence-electron chi connectivity index (χ4n) is 1.96. The Labute approximate surface area is 84.9 Å². The summed E-state index contributed by atoms with van der Waals surface area (Å²) in [5.74, 6) is 1.75. The molecule has 1 aromatic heterocycles. The zero-order chi connectivity index (χ0) is 9.80. The van der Waals surface area contributed by atoms with Crippen molar-refractivity contribution in [1.82, 2.24) is 10.2 Å². The Morgan fingerprint density at radius 2 is 2.07 bits per heavy atom. The van der Waals surface area contributed by atoms with Gasteiger partial charge in [0.25, 0.3) is 0 Å². The number of anilines is 1. The molecule has 1 N–H and O–H groups in total. The lowest BCUT2D eigenvalue weighted by Gasteiger charge is -2.10. The molecule has 14 heavy (non-hydrogen) atoms. The van der Waals surface area contributed by atoms with Gasteiger partial charge in [-0.2, -0.15) is 5.10 Å². The largest absolute Gasteiger partial charge is 0.368 e. The molecule has 0 saturated heterocycles. The number of rotatable bonds is 3. The Bertz CT molecular complexity index is 275. The lowest BCUT2D eigenvalue weighted by atomic mass is 10.1. The minimum Gasteiger partial charge on any atom is -0.368 e. The third-order valence-electron chi connectivity index (χ3n) is 2.84. The zero-order valence-electron chi connectivity index (χ0n) is 8.66. The molecule has 0 aliphatic heterocycles. The Hall–Kier alpha value is -1.12. The van der Waals surface area contributed by atoms with Gasteiger partial charge in [0.15, 0.2) is 0 Å². The molecule has 76 valence electrons. The summed E-state index contributed by atoms with van der Waals surface area (Å²) >= 11 is 0. The highest BCUT2D eigenvalue weighted by Gasteiger charge is 2.14. The van der Waals surface area contributed by atoms with Crippen LogP contribution in [0, 0.1) is 12.8 Å². The van der Waals surface area contributed by atoms with Crippen molar-refractivity contribution in [3.05, 3.63) is 17.8 Å². The van der Waals surface area contributed by atoms with E-state index in [4.69, 9.17) is 0 Å². The van der Waals surface area contributed by atoms with Crippen LogP contribution in [0.2, 0.25) is 0 Å². The molecular weight excluding hydrogens is 174 g/mol. The number of nitrogens with one attached hydrogen (secondary N) is 1. The molecular formula is C11H17N3. The van der Waals surface area contributed by atoms with E-state index in [-0.39, 0.29) is 0 Å². The van der Waals surface area contributed by atoms with Crippen molar-refractivity contribution >= 4 is 5.82 Å². The standard InChI is InChI=1S/C11H17N3/c1-9-6-7-11(14-13-9)12-8-10-4-2-3-5-10/h6-7,10H,2-5,8H2,1H3,(H,12,14). The first-order valence-corrected chi connectivity index (χ1v) is 5.39. The minimum atomic E-state index is 0.845. The van der Waals surface area contributed by atoms with Gasteiger partial charge < -0.3 is 5.32 Å². The molecule has 1 fully saturated rings. The van der Waals surface area contributed by atoms with Gasteiger partial charge in [-0.05, 0) is 37.8 Å². The van der Waals surface area contributed by atoms with Gasteiger partial charge in [0, 0.05) is 6.54 Å². The third kappa shape index (κ3) is 2.44. The summed E-state index contributed by atoms with van der Waals surface area (Å²) in [4.78, 5) is 0. The van der Waals surface area contributed by atoms with Crippen LogP contribution in [0.1, 0.15) is 31.4 Å². The van der Waals surface area contributed by atoms with Crippen molar-refractivity contribution in [3.8, 4) is 0 Å². The van der Waals surface area contributed by atoms with Crippen LogP contribution in [0.3, 0.4) is 0 Å². The molecule has 2 rings (SSSR count). The number of aryl methyl sites for hydroxylation is 1. The third-order valence-corrected chi connectivity index (χ3v) is 2.84. The van der Waals surface area contributed by atoms with E-state index in [0.717, 1.165) is 24.0 Å². The van der Waals surface area contributed by atoms with Crippen molar-refractivity contribution in [2.45, 2.75) is 32.6 Å². The van der Waals surface area contributed by atoms with Crippen molar-refractivity contribution in [1.29, 1.82) is 0 Å². The van der Waals surface area contributed by atoms with Crippen molar-refractivity contribution in [3.63, 3.8) is 0 Å². The summed E-state index contributed by atoms with van der Waals surface area (Å²) < 4.78 is 0. The number of aromatic nitrogens is 2. The van der Waals surface area contributed by atoms with Crippen LogP contribution in [0.5, 0.6) is 0 Å². The quantitative estimate of drug-likeness (QED) is 0.797. The predicted octanol–water partition coefficient (Wildman–Crippen LogP) is 2.39. The van der Waals surface area contributed by atoms with E-state index in [1.165, 1.54) is 25.7 Å². The van der Waals surface area contributed by atoms with Gasteiger partial charge in [0.1, 0.15) is 5.82 Å². The van der Waals surface area contributed by atoms with Crippen LogP contribution in [0.15, 0.2) is 12.1 Å². The van der Waals surface area contributed by atoms with Gasteiger partial charge in [0.05, 0.1) is 5.69 Å². The van der Waals surface area contributed by atoms with Gasteiger partial charge >= 0.3 is 0 Å². The molecule has 0 amide bonds. The van der Waals surface area contributed by atoms with E-state index in [2.05, 4.69) is 15.5 Å². The Morgan fingerprint density at radius 3 is 2.71 bits per heavy atom. The Kier molecular flexibility index (Phi) is 2.96. The van der Waals surface area contributed by atoms with Crippen LogP contribution in [0.25, 0.3) is 0 Å². The average Bonchev–Trinajstić information content (AvgIpc) is 2.70. The van der Waals surface area contributed by atoms with Crippen LogP contribution >= 0.6 is 0 Å². The van der Waals surface area contributed by atoms with E-state index in [0.29, 0.717) is 0 Å². The molecule has 3 heteroatoms. The van der Waals surface area contributed by atoms with Crippen LogP contribution < -0.4 is 5.32 Å². The minimum absolute atomic E-state index is 0.845. The molecule has 1 saturated carbocycles. The van der Waals surface area contributed by atoms with Gasteiger partial charge in [0.2, 0.25) is 0 Å². The van der Waals surface area contributed by atoms with Crippen molar-refractivity contribution in [2.24, 2.45) is 5.92 Å². The van der Waals surface area contributed by atoms with Crippen LogP contribution in [-0.2, 0) is 0 Å². The topological polar surface area (TPSA) is 37.8 Å². The number of hydrogen-bond acceptors (Lipinski definition) is 3. The highest BCUT2D eigenvalue weighted by atomic mass is 15.2. The lowest BCUT2D eigenvalue weighted by molar-refractivity contribution is 0.578. The van der Waals surface area contributed by atoms with Gasteiger partial charge in [-0.25, -0.2) is 0 Å². The molecule has 3 nitrogen and oxygen atoms in total. The molecule has 0 unspecified atom stereocenters. The van der Waals surface area contributed by atoms with Crippen molar-refractivity contribution < 1.29 is 0 Å². The molecule has 0 radical (unpaired) electrons. The second kappa shape index (κ2) is 4.40. The molecule has 1 aromatic rings. The molecule has 1 aliphatic carbocycles. The fourth-order valence-corrected chi connectivity index (χ4v) is 1.96. The summed E-state index contributed by atoms with van der Waals surface area (Å²) in [6.07, 6.45) is 5.52. The maximum atomic E-state index is 4.08. The summed E-state index contributed by atoms with van der Waals surface area (Å²) in [6, 6.07) is 3.99. The van der Waals surface area contributed by atoms with Gasteiger partial charge in [-0.3, -0.25) is 0 Å². The van der Waals surface area contributed by atoms with Gasteiger partial charge in [-0.1, -0.05) is 12.8 Å². The van der Waals surface area contributed by atoms with Crippen LogP contribution in [0.4, 0.5) is 5.82 Å². The second-order valence-electron chi connectivity index (χ2n) is 4.09. The molecule has 1 heterocycles. The summed E-state index contributed by atoms with van der Waals surface area (Å²) in [5.41, 5.74) is 0.969. The van der Waals surface area contributed by atoms with E-state index in [1.54, 1.807) is 0 Å². The maximum Gasteiger partial charge on any atom is 0.148 e. The lowest BCUT2D eigenvalue weighted by Crippen LogP contribution is -2.12. The summed E-state index contributed by atoms with van der Waals surface area (Å²) in [5, 5.41) is 11.4. The zero-order valence-corrected chi connectivity index (χ0v) is 8.66. The first-order valence-electron chi connectivity index (χ1n) is 5.39. The van der Waals surface area contributed by atoms with Gasteiger partial charge in [-0.15, -0.1) is 5.10 Å². The Morgan fingerprint density at radius 1 is 1.29 bits per heavy atom. The Balaban J connectivity index is 1.82. The summed E-state index contributed by atoms with van der Waals surface area (Å²) in [7, 11) is 0. The number of hydrogen-bond donors (Lipinski definition) is 1. The molecule has 0 bridgehead atoms. The molecule has 0 atom stereocenters. The van der Waals surface area contributed by atoms with E-state index < -0.39 is 0 Å². The first kappa shape index (κ1) is 9.44. The molecule has 0 spiro atoms. The monoisotopic (exact) mass is 191 g/mol. The SMILES string of the molecule is Cc1ccc(NCC2CCCC2)nn1. The van der Waals surface area contributed by atoms with Crippen molar-refractivity contribution in [2.75, 3.05) is 11.9 Å². The average molecular weight is 191 g/mol. The van der Waals surface area contributed by atoms with E-state index in [9.17, 15) is 0 Å². The smallest absolute Gasteiger partial charge is 0.148 e. The predicted molar refractivity (Wildman–Crippen MR) is 57.2 cm³/mol. The highest BCUT2D eigenvalue weighted by molar-refractivity contribution is 5.32. The molecule has 0 aromatic carbocycles. The van der Waals surface area contributed by atoms with E-state index >= 15 is 0 Å². The first-order chi connectivity index (χ1) is 6.84. The fraction of sp³-hybridized carbons (Fsp3) is 0.636. The second-order valence-corrected chi connectivity index (χ2v) is 4.09. The normalized spacial score (nSPS) is 17.2. The maximum absolute atomic E-state index is 4.08. The highest BCUT2D eigenvalue weighted by Crippen LogP contribution is 2.24. The van der Waals surface area contributed by atoms with Crippen LogP contribution in [-0.4, -0.2) is 16.7 Å². The number of nitrogens with zero attached hydrogens (tertiary/aromatic N) is 2.